The topological polar surface area (TPSA) is 50.9 Å². The first-order chi connectivity index (χ1) is 7.74. The first kappa shape index (κ1) is 10.4. The smallest absolute Gasteiger partial charge is 0.142 e. The molecule has 1 aromatic rings. The summed E-state index contributed by atoms with van der Waals surface area (Å²) in [6.45, 7) is 2.34. The first-order valence-corrected chi connectivity index (χ1v) is 7.03. The van der Waals surface area contributed by atoms with Gasteiger partial charge >= 0.3 is 0 Å². The molecule has 3 nitrogen and oxygen atoms in total. The molecule has 0 radical (unpaired) electrons. The highest BCUT2D eigenvalue weighted by Crippen LogP contribution is 2.48. The minimum Gasteiger partial charge on any atom is -0.383 e. The summed E-state index contributed by atoms with van der Waals surface area (Å²) in [6, 6.07) is 0.646. The van der Waals surface area contributed by atoms with Crippen LogP contribution < -0.4 is 11.1 Å². The molecule has 0 aliphatic heterocycles. The van der Waals surface area contributed by atoms with Crippen LogP contribution in [0.5, 0.6) is 0 Å². The van der Waals surface area contributed by atoms with Crippen molar-refractivity contribution in [3.05, 3.63) is 5.56 Å². The minimum atomic E-state index is 0.646. The van der Waals surface area contributed by atoms with Gasteiger partial charge in [0.25, 0.3) is 0 Å². The third-order valence-corrected chi connectivity index (χ3v) is 4.58. The van der Waals surface area contributed by atoms with Gasteiger partial charge < -0.3 is 11.1 Å². The number of hydrogen-bond acceptors (Lipinski definition) is 4. The van der Waals surface area contributed by atoms with Crippen LogP contribution in [0.15, 0.2) is 0 Å². The molecule has 3 N–H and O–H groups in total. The van der Waals surface area contributed by atoms with Crippen LogP contribution in [-0.2, 0) is 0 Å². The Morgan fingerprint density at radius 1 is 1.31 bits per heavy atom. The van der Waals surface area contributed by atoms with E-state index < -0.39 is 0 Å². The van der Waals surface area contributed by atoms with Crippen LogP contribution >= 0.6 is 11.5 Å². The first-order valence-electron chi connectivity index (χ1n) is 6.25. The lowest BCUT2D eigenvalue weighted by Gasteiger charge is -2.13. The van der Waals surface area contributed by atoms with Crippen LogP contribution in [-0.4, -0.2) is 10.4 Å². The van der Waals surface area contributed by atoms with Crippen LogP contribution in [0.1, 0.15) is 50.5 Å². The van der Waals surface area contributed by atoms with E-state index in [1.807, 2.05) is 0 Å². The number of hydrogen-bond donors (Lipinski definition) is 2. The van der Waals surface area contributed by atoms with Crippen molar-refractivity contribution < 1.29 is 0 Å². The quantitative estimate of drug-likeness (QED) is 0.848. The van der Waals surface area contributed by atoms with Gasteiger partial charge in [-0.1, -0.05) is 6.92 Å². The SMILES string of the molecule is CC1CCC(Nc2snc(N)c2C2CC2)C1. The van der Waals surface area contributed by atoms with E-state index in [-0.39, 0.29) is 0 Å². The summed E-state index contributed by atoms with van der Waals surface area (Å²) in [4.78, 5) is 0. The molecule has 2 aliphatic rings. The standard InChI is InChI=1S/C12H19N3S/c1-7-2-5-9(6-7)14-12-10(8-3-4-8)11(13)15-16-12/h7-9,14H,2-6H2,1H3,(H2,13,15). The molecule has 3 rings (SSSR count). The number of nitrogens with zero attached hydrogens (tertiary/aromatic N) is 1. The Hall–Kier alpha value is -0.770. The lowest BCUT2D eigenvalue weighted by molar-refractivity contribution is 0.603. The molecule has 2 aliphatic carbocycles. The predicted molar refractivity (Wildman–Crippen MR) is 68.9 cm³/mol. The Bertz CT molecular complexity index is 384. The monoisotopic (exact) mass is 237 g/mol. The van der Waals surface area contributed by atoms with Crippen LogP contribution in [0.25, 0.3) is 0 Å². The van der Waals surface area contributed by atoms with Gasteiger partial charge in [-0.2, -0.15) is 4.37 Å². The molecule has 1 aromatic heterocycles. The molecule has 4 heteroatoms. The Morgan fingerprint density at radius 2 is 2.12 bits per heavy atom. The highest BCUT2D eigenvalue weighted by Gasteiger charge is 2.32. The Balaban J connectivity index is 1.74. The number of nitrogen functional groups attached to an aromatic ring is 1. The average Bonchev–Trinajstić information content (AvgIpc) is 2.91. The van der Waals surface area contributed by atoms with Gasteiger partial charge in [0, 0.05) is 11.6 Å². The number of anilines is 2. The second-order valence-electron chi connectivity index (χ2n) is 5.34. The summed E-state index contributed by atoms with van der Waals surface area (Å²) in [5.74, 6) is 2.33. The minimum absolute atomic E-state index is 0.646. The molecule has 2 unspecified atom stereocenters. The fourth-order valence-corrected chi connectivity index (χ4v) is 3.58. The summed E-state index contributed by atoms with van der Waals surface area (Å²) < 4.78 is 4.30. The average molecular weight is 237 g/mol. The van der Waals surface area contributed by atoms with Crippen molar-refractivity contribution in [3.63, 3.8) is 0 Å². The Labute approximate surface area is 101 Å². The summed E-state index contributed by atoms with van der Waals surface area (Å²) in [5, 5.41) is 4.91. The molecule has 0 aromatic carbocycles. The lowest BCUT2D eigenvalue weighted by Crippen LogP contribution is -2.15. The van der Waals surface area contributed by atoms with Crippen molar-refractivity contribution in [2.75, 3.05) is 11.1 Å². The molecule has 0 spiro atoms. The normalized spacial score (nSPS) is 29.6. The van der Waals surface area contributed by atoms with Crippen LogP contribution in [0.4, 0.5) is 10.8 Å². The molecule has 1 heterocycles. The lowest BCUT2D eigenvalue weighted by atomic mass is 10.1. The summed E-state index contributed by atoms with van der Waals surface area (Å²) in [7, 11) is 0. The van der Waals surface area contributed by atoms with Gasteiger partial charge in [0.1, 0.15) is 10.8 Å². The van der Waals surface area contributed by atoms with Gasteiger partial charge in [0.15, 0.2) is 0 Å². The molecule has 2 saturated carbocycles. The van der Waals surface area contributed by atoms with Crippen LogP contribution in [0.3, 0.4) is 0 Å². The van der Waals surface area contributed by atoms with Gasteiger partial charge in [-0.3, -0.25) is 0 Å². The van der Waals surface area contributed by atoms with Gasteiger partial charge in [-0.15, -0.1) is 0 Å². The van der Waals surface area contributed by atoms with E-state index in [1.165, 1.54) is 42.7 Å². The third-order valence-electron chi connectivity index (χ3n) is 3.77. The maximum Gasteiger partial charge on any atom is 0.142 e. The highest BCUT2D eigenvalue weighted by molar-refractivity contribution is 7.10. The van der Waals surface area contributed by atoms with E-state index in [1.54, 1.807) is 11.5 Å². The zero-order valence-electron chi connectivity index (χ0n) is 9.70. The maximum absolute atomic E-state index is 5.94. The summed E-state index contributed by atoms with van der Waals surface area (Å²) >= 11 is 1.55. The fourth-order valence-electron chi connectivity index (χ4n) is 2.70. The van der Waals surface area contributed by atoms with Gasteiger partial charge in [0.2, 0.25) is 0 Å². The Morgan fingerprint density at radius 3 is 2.75 bits per heavy atom. The van der Waals surface area contributed by atoms with E-state index in [2.05, 4.69) is 16.6 Å². The second kappa shape index (κ2) is 3.91. The van der Waals surface area contributed by atoms with Crippen molar-refractivity contribution in [1.29, 1.82) is 0 Å². The summed E-state index contributed by atoms with van der Waals surface area (Å²) in [5.41, 5.74) is 7.25. The van der Waals surface area contributed by atoms with E-state index >= 15 is 0 Å². The maximum atomic E-state index is 5.94. The molecule has 0 saturated heterocycles. The van der Waals surface area contributed by atoms with E-state index in [0.717, 1.165) is 11.7 Å². The predicted octanol–water partition coefficient (Wildman–Crippen LogP) is 3.20. The zero-order chi connectivity index (χ0) is 11.1. The van der Waals surface area contributed by atoms with Gasteiger partial charge in [0.05, 0.1) is 0 Å². The van der Waals surface area contributed by atoms with Crippen molar-refractivity contribution in [3.8, 4) is 0 Å². The molecular formula is C12H19N3S. The van der Waals surface area contributed by atoms with Crippen molar-refractivity contribution >= 4 is 22.4 Å². The van der Waals surface area contributed by atoms with E-state index in [0.29, 0.717) is 12.0 Å². The number of aromatic nitrogens is 1. The van der Waals surface area contributed by atoms with Crippen molar-refractivity contribution in [2.45, 2.75) is 51.0 Å². The largest absolute Gasteiger partial charge is 0.383 e. The Kier molecular flexibility index (Phi) is 2.54. The molecule has 2 fully saturated rings. The highest BCUT2D eigenvalue weighted by atomic mass is 32.1. The zero-order valence-corrected chi connectivity index (χ0v) is 10.5. The van der Waals surface area contributed by atoms with Crippen molar-refractivity contribution in [1.82, 2.24) is 4.37 Å². The molecule has 16 heavy (non-hydrogen) atoms. The molecule has 0 amide bonds. The molecule has 0 bridgehead atoms. The molecular weight excluding hydrogens is 218 g/mol. The number of rotatable bonds is 3. The van der Waals surface area contributed by atoms with Crippen LogP contribution in [0, 0.1) is 5.92 Å². The molecule has 88 valence electrons. The van der Waals surface area contributed by atoms with Crippen LogP contribution in [0.2, 0.25) is 0 Å². The van der Waals surface area contributed by atoms with E-state index in [9.17, 15) is 0 Å². The third kappa shape index (κ3) is 1.90. The van der Waals surface area contributed by atoms with E-state index in [4.69, 9.17) is 5.73 Å². The second-order valence-corrected chi connectivity index (χ2v) is 6.12. The van der Waals surface area contributed by atoms with Gasteiger partial charge in [-0.25, -0.2) is 0 Å². The van der Waals surface area contributed by atoms with Crippen molar-refractivity contribution in [2.24, 2.45) is 5.92 Å². The number of nitrogens with two attached hydrogens (primary N) is 1. The fraction of sp³-hybridized carbons (Fsp3) is 0.750. The summed E-state index contributed by atoms with van der Waals surface area (Å²) in [6.07, 6.45) is 6.52. The van der Waals surface area contributed by atoms with Gasteiger partial charge in [-0.05, 0) is 55.5 Å². The molecule has 2 atom stereocenters. The number of nitrogens with one attached hydrogen (secondary N) is 1.